The molecule has 0 spiro atoms. The van der Waals surface area contributed by atoms with Crippen LogP contribution in [0.25, 0.3) is 0 Å². The number of hydrogen-bond donors (Lipinski definition) is 1. The van der Waals surface area contributed by atoms with Crippen molar-refractivity contribution in [1.82, 2.24) is 19.4 Å². The first kappa shape index (κ1) is 27.4. The number of aryl methyl sites for hydroxylation is 1. The zero-order chi connectivity index (χ0) is 28.5. The summed E-state index contributed by atoms with van der Waals surface area (Å²) in [5.41, 5.74) is 3.81. The molecule has 0 aliphatic carbocycles. The van der Waals surface area contributed by atoms with E-state index in [9.17, 15) is 14.0 Å². The highest BCUT2D eigenvalue weighted by molar-refractivity contribution is 6.01. The van der Waals surface area contributed by atoms with Gasteiger partial charge in [0.15, 0.2) is 0 Å². The molecular weight excluding hydrogens is 519 g/mol. The highest BCUT2D eigenvalue weighted by Crippen LogP contribution is 2.42. The topological polar surface area (TPSA) is 73.7 Å². The summed E-state index contributed by atoms with van der Waals surface area (Å²) in [7, 11) is 0. The molecule has 0 radical (unpaired) electrons. The number of para-hydroxylation sites is 1. The zero-order valence-electron chi connectivity index (χ0n) is 23.9. The maximum absolute atomic E-state index is 13.4. The second-order valence-corrected chi connectivity index (χ2v) is 11.6. The number of hydrogen-bond acceptors (Lipinski definition) is 4. The largest absolute Gasteiger partial charge is 0.337 e. The first-order valence-corrected chi connectivity index (χ1v) is 14.8. The Bertz CT molecular complexity index is 1380. The average Bonchev–Trinajstić information content (AvgIpc) is 3.42. The third-order valence-electron chi connectivity index (χ3n) is 9.10. The van der Waals surface area contributed by atoms with Gasteiger partial charge >= 0.3 is 6.03 Å². The lowest BCUT2D eigenvalue weighted by atomic mass is 9.95. The van der Waals surface area contributed by atoms with Gasteiger partial charge in [-0.3, -0.25) is 14.6 Å². The van der Waals surface area contributed by atoms with Crippen molar-refractivity contribution in [1.29, 1.82) is 0 Å². The second-order valence-electron chi connectivity index (χ2n) is 11.6. The molecule has 3 aliphatic rings. The van der Waals surface area contributed by atoms with Crippen LogP contribution in [0.4, 0.5) is 20.6 Å². The Labute approximate surface area is 241 Å². The molecule has 9 heteroatoms. The molecule has 2 aromatic carbocycles. The van der Waals surface area contributed by atoms with E-state index in [0.29, 0.717) is 36.9 Å². The molecule has 216 valence electrons. The number of urea groups is 1. The van der Waals surface area contributed by atoms with Crippen LogP contribution in [-0.4, -0.2) is 63.0 Å². The van der Waals surface area contributed by atoms with Crippen molar-refractivity contribution in [2.45, 2.75) is 77.0 Å². The van der Waals surface area contributed by atoms with Crippen LogP contribution in [0.5, 0.6) is 0 Å². The fraction of sp³-hybridized carbons (Fsp3) is 0.469. The van der Waals surface area contributed by atoms with Crippen LogP contribution >= 0.6 is 0 Å². The number of amides is 3. The Morgan fingerprint density at radius 3 is 2.41 bits per heavy atom. The van der Waals surface area contributed by atoms with Gasteiger partial charge in [-0.2, -0.15) is 0 Å². The monoisotopic (exact) mass is 558 g/mol. The molecule has 6 rings (SSSR count). The van der Waals surface area contributed by atoms with Gasteiger partial charge in [0.05, 0.1) is 12.2 Å². The number of carbonyl (C=O) groups excluding carboxylic acids is 2. The fourth-order valence-electron chi connectivity index (χ4n) is 7.21. The van der Waals surface area contributed by atoms with Gasteiger partial charge in [0.25, 0.3) is 0 Å². The van der Waals surface area contributed by atoms with Crippen LogP contribution in [0, 0.1) is 12.7 Å². The number of rotatable bonds is 7. The van der Waals surface area contributed by atoms with Crippen molar-refractivity contribution in [2.24, 2.45) is 0 Å². The van der Waals surface area contributed by atoms with Gasteiger partial charge in [-0.1, -0.05) is 18.2 Å². The van der Waals surface area contributed by atoms with Crippen LogP contribution in [-0.2, 0) is 17.8 Å². The molecule has 1 N–H and O–H groups in total. The summed E-state index contributed by atoms with van der Waals surface area (Å²) >= 11 is 0. The maximum atomic E-state index is 13.4. The Balaban J connectivity index is 1.10. The number of benzene rings is 2. The average molecular weight is 559 g/mol. The number of anilines is 2. The van der Waals surface area contributed by atoms with Gasteiger partial charge < -0.3 is 14.8 Å². The quantitative estimate of drug-likeness (QED) is 0.414. The van der Waals surface area contributed by atoms with Crippen molar-refractivity contribution in [3.05, 3.63) is 77.6 Å². The van der Waals surface area contributed by atoms with Crippen LogP contribution in [0.2, 0.25) is 0 Å². The third-order valence-corrected chi connectivity index (χ3v) is 9.10. The summed E-state index contributed by atoms with van der Waals surface area (Å²) in [4.78, 5) is 36.4. The van der Waals surface area contributed by atoms with Crippen LogP contribution in [0.1, 0.15) is 62.3 Å². The number of nitrogens with one attached hydrogen (secondary N) is 1. The molecule has 41 heavy (non-hydrogen) atoms. The van der Waals surface area contributed by atoms with E-state index in [1.807, 2.05) is 35.2 Å². The molecule has 1 aromatic heterocycles. The molecule has 2 saturated heterocycles. The molecule has 1 unspecified atom stereocenters. The standard InChI is InChI=1S/C32H39FN6O2/c1-22-34-30-21-36(23(2)40)18-15-31(30)39(22)29-19-27-13-14-28(20-29)37(27)16-6-17-38(26-7-4-3-5-8-26)32(41)35-25-11-9-24(33)10-12-25/h3-5,7-12,27-29H,6,13-21H2,1-2H3,(H,35,41)/t27-,28+,29?. The van der Waals surface area contributed by atoms with Crippen molar-refractivity contribution in [3.8, 4) is 0 Å². The van der Waals surface area contributed by atoms with Crippen LogP contribution in [0.3, 0.4) is 0 Å². The minimum atomic E-state index is -0.330. The molecular formula is C32H39FN6O2. The van der Waals surface area contributed by atoms with Crippen molar-refractivity contribution in [3.63, 3.8) is 0 Å². The van der Waals surface area contributed by atoms with Gasteiger partial charge in [-0.05, 0) is 75.4 Å². The molecule has 3 aromatic rings. The molecule has 3 atom stereocenters. The Morgan fingerprint density at radius 2 is 1.73 bits per heavy atom. The highest BCUT2D eigenvalue weighted by atomic mass is 19.1. The lowest BCUT2D eigenvalue weighted by Crippen LogP contribution is -2.45. The summed E-state index contributed by atoms with van der Waals surface area (Å²) in [6.45, 7) is 6.68. The Morgan fingerprint density at radius 1 is 1.02 bits per heavy atom. The predicted molar refractivity (Wildman–Crippen MR) is 157 cm³/mol. The van der Waals surface area contributed by atoms with Gasteiger partial charge in [0.2, 0.25) is 5.91 Å². The first-order valence-electron chi connectivity index (χ1n) is 14.8. The minimum absolute atomic E-state index is 0.118. The third kappa shape index (κ3) is 5.73. The lowest BCUT2D eigenvalue weighted by Gasteiger charge is -2.41. The number of fused-ring (bicyclic) bond motifs is 3. The Hall–Kier alpha value is -3.72. The van der Waals surface area contributed by atoms with Gasteiger partial charge in [-0.15, -0.1) is 0 Å². The molecule has 3 aliphatic heterocycles. The van der Waals surface area contributed by atoms with Crippen LogP contribution in [0.15, 0.2) is 54.6 Å². The summed E-state index contributed by atoms with van der Waals surface area (Å²) in [5, 5.41) is 2.92. The number of imidazole rings is 1. The number of carbonyl (C=O) groups is 2. The van der Waals surface area contributed by atoms with Crippen molar-refractivity contribution in [2.75, 3.05) is 29.9 Å². The van der Waals surface area contributed by atoms with Gasteiger partial charge in [-0.25, -0.2) is 14.2 Å². The number of piperidine rings is 1. The highest BCUT2D eigenvalue weighted by Gasteiger charge is 2.42. The summed E-state index contributed by atoms with van der Waals surface area (Å²) in [5.74, 6) is 0.862. The van der Waals surface area contributed by atoms with E-state index >= 15 is 0 Å². The molecule has 2 bridgehead atoms. The molecule has 0 saturated carbocycles. The van der Waals surface area contributed by atoms with E-state index in [2.05, 4.69) is 21.7 Å². The van der Waals surface area contributed by atoms with Gasteiger partial charge in [0.1, 0.15) is 11.6 Å². The molecule has 3 amide bonds. The lowest BCUT2D eigenvalue weighted by molar-refractivity contribution is -0.129. The number of halogens is 1. The number of aromatic nitrogens is 2. The van der Waals surface area contributed by atoms with E-state index in [1.54, 1.807) is 24.0 Å². The van der Waals surface area contributed by atoms with E-state index in [-0.39, 0.29) is 17.8 Å². The normalized spacial score (nSPS) is 21.9. The van der Waals surface area contributed by atoms with E-state index in [4.69, 9.17) is 4.98 Å². The SMILES string of the molecule is CC(=O)N1CCc2c(nc(C)n2C2C[C@H]3CC[C@@H](C2)N3CCCN(C(=O)Nc2ccc(F)cc2)c2ccccc2)C1. The van der Waals surface area contributed by atoms with Crippen molar-refractivity contribution < 1.29 is 14.0 Å². The summed E-state index contributed by atoms with van der Waals surface area (Å²) in [6, 6.07) is 16.9. The minimum Gasteiger partial charge on any atom is -0.337 e. The van der Waals surface area contributed by atoms with E-state index in [0.717, 1.165) is 56.0 Å². The zero-order valence-corrected chi connectivity index (χ0v) is 23.9. The van der Waals surface area contributed by atoms with E-state index < -0.39 is 0 Å². The number of nitrogens with zero attached hydrogens (tertiary/aromatic N) is 5. The van der Waals surface area contributed by atoms with Gasteiger partial charge in [0, 0.05) is 68.2 Å². The van der Waals surface area contributed by atoms with E-state index in [1.165, 1.54) is 30.7 Å². The van der Waals surface area contributed by atoms with Crippen molar-refractivity contribution >= 4 is 23.3 Å². The summed E-state index contributed by atoms with van der Waals surface area (Å²) in [6.07, 6.45) is 6.39. The smallest absolute Gasteiger partial charge is 0.326 e. The first-order chi connectivity index (χ1) is 19.9. The predicted octanol–water partition coefficient (Wildman–Crippen LogP) is 5.53. The molecule has 8 nitrogen and oxygen atoms in total. The van der Waals surface area contributed by atoms with Crippen LogP contribution < -0.4 is 10.2 Å². The maximum Gasteiger partial charge on any atom is 0.326 e. The Kier molecular flexibility index (Phi) is 7.79. The fourth-order valence-corrected chi connectivity index (χ4v) is 7.21. The second kappa shape index (κ2) is 11.6. The summed E-state index contributed by atoms with van der Waals surface area (Å²) < 4.78 is 15.8. The molecule has 2 fully saturated rings. The molecule has 4 heterocycles.